The number of nitriles is 1. The molecule has 0 aliphatic rings. The van der Waals surface area contributed by atoms with E-state index in [-0.39, 0.29) is 0 Å². The highest BCUT2D eigenvalue weighted by Crippen LogP contribution is 2.31. The first-order chi connectivity index (χ1) is 8.60. The lowest BCUT2D eigenvalue weighted by molar-refractivity contribution is 1.26. The lowest BCUT2D eigenvalue weighted by Crippen LogP contribution is -1.85. The molecule has 0 aliphatic carbocycles. The van der Waals surface area contributed by atoms with E-state index in [1.165, 1.54) is 16.0 Å². The molecule has 0 heterocycles. The zero-order valence-electron chi connectivity index (χ0n) is 10.8. The molecule has 0 atom stereocenters. The topological polar surface area (TPSA) is 23.8 Å². The second-order valence-corrected chi connectivity index (χ2v) is 5.57. The first-order valence-electron chi connectivity index (χ1n) is 5.86. The van der Waals surface area contributed by atoms with Crippen LogP contribution in [0.1, 0.15) is 22.3 Å². The first-order valence-corrected chi connectivity index (χ1v) is 6.67. The Morgan fingerprint density at radius 2 is 1.72 bits per heavy atom. The largest absolute Gasteiger partial charge is 0.192 e. The molecule has 0 N–H and O–H groups in total. The Bertz CT molecular complexity index is 623. The number of rotatable bonds is 2. The van der Waals surface area contributed by atoms with Crippen LogP contribution in [0.15, 0.2) is 46.2 Å². The molecule has 0 saturated heterocycles. The molecule has 2 rings (SSSR count). The summed E-state index contributed by atoms with van der Waals surface area (Å²) in [7, 11) is 0. The van der Waals surface area contributed by atoms with Crippen molar-refractivity contribution in [1.29, 1.82) is 5.26 Å². The zero-order chi connectivity index (χ0) is 13.1. The molecule has 1 nitrogen and oxygen atoms in total. The van der Waals surface area contributed by atoms with Gasteiger partial charge in [-0.3, -0.25) is 0 Å². The molecule has 2 aromatic rings. The van der Waals surface area contributed by atoms with Crippen molar-refractivity contribution in [2.75, 3.05) is 0 Å². The van der Waals surface area contributed by atoms with Crippen LogP contribution in [-0.4, -0.2) is 0 Å². The van der Waals surface area contributed by atoms with Gasteiger partial charge in [-0.2, -0.15) is 5.26 Å². The van der Waals surface area contributed by atoms with Crippen molar-refractivity contribution in [3.63, 3.8) is 0 Å². The third-order valence-corrected chi connectivity index (χ3v) is 4.03. The van der Waals surface area contributed by atoms with E-state index in [0.717, 1.165) is 16.0 Å². The van der Waals surface area contributed by atoms with Crippen LogP contribution in [0.4, 0.5) is 0 Å². The summed E-state index contributed by atoms with van der Waals surface area (Å²) >= 11 is 1.65. The van der Waals surface area contributed by atoms with Crippen molar-refractivity contribution in [3.05, 3.63) is 58.7 Å². The van der Waals surface area contributed by atoms with E-state index < -0.39 is 0 Å². The van der Waals surface area contributed by atoms with Crippen LogP contribution in [0, 0.1) is 32.1 Å². The maximum Gasteiger partial charge on any atom is 0.100 e. The Kier molecular flexibility index (Phi) is 3.74. The molecule has 90 valence electrons. The van der Waals surface area contributed by atoms with Gasteiger partial charge in [0, 0.05) is 9.79 Å². The molecule has 0 fully saturated rings. The highest BCUT2D eigenvalue weighted by atomic mass is 32.2. The Labute approximate surface area is 112 Å². The summed E-state index contributed by atoms with van der Waals surface area (Å²) in [5.41, 5.74) is 4.45. The third-order valence-electron chi connectivity index (χ3n) is 2.96. The monoisotopic (exact) mass is 253 g/mol. The fourth-order valence-electron chi connectivity index (χ4n) is 1.72. The van der Waals surface area contributed by atoms with E-state index in [0.29, 0.717) is 0 Å². The number of hydrogen-bond acceptors (Lipinski definition) is 2. The Balaban J connectivity index is 2.34. The van der Waals surface area contributed by atoms with Crippen LogP contribution < -0.4 is 0 Å². The van der Waals surface area contributed by atoms with Crippen molar-refractivity contribution in [3.8, 4) is 6.07 Å². The van der Waals surface area contributed by atoms with Gasteiger partial charge in [0.2, 0.25) is 0 Å². The highest BCUT2D eigenvalue weighted by Gasteiger charge is 2.05. The summed E-state index contributed by atoms with van der Waals surface area (Å²) in [4.78, 5) is 2.20. The minimum Gasteiger partial charge on any atom is -0.192 e. The summed E-state index contributed by atoms with van der Waals surface area (Å²) in [6, 6.07) is 14.7. The van der Waals surface area contributed by atoms with Crippen LogP contribution in [0.2, 0.25) is 0 Å². The number of hydrogen-bond donors (Lipinski definition) is 0. The predicted octanol–water partition coefficient (Wildman–Crippen LogP) is 4.63. The van der Waals surface area contributed by atoms with E-state index in [4.69, 9.17) is 5.26 Å². The molecule has 0 bridgehead atoms. The fourth-order valence-corrected chi connectivity index (χ4v) is 2.70. The summed E-state index contributed by atoms with van der Waals surface area (Å²) < 4.78 is 0. The third kappa shape index (κ3) is 2.75. The summed E-state index contributed by atoms with van der Waals surface area (Å²) in [5, 5.41) is 9.16. The normalized spacial score (nSPS) is 10.1. The zero-order valence-corrected chi connectivity index (χ0v) is 11.6. The standard InChI is InChI=1S/C16H15NS/c1-11-4-7-16(14(8-11)10-17)18-15-6-5-12(2)13(3)9-15/h4-9H,1-3H3. The molecular weight excluding hydrogens is 238 g/mol. The summed E-state index contributed by atoms with van der Waals surface area (Å²) in [6.45, 7) is 6.22. The van der Waals surface area contributed by atoms with Crippen molar-refractivity contribution < 1.29 is 0 Å². The van der Waals surface area contributed by atoms with Gasteiger partial charge in [0.05, 0.1) is 5.56 Å². The van der Waals surface area contributed by atoms with Crippen LogP contribution in [0.25, 0.3) is 0 Å². The molecular formula is C16H15NS. The smallest absolute Gasteiger partial charge is 0.100 e. The lowest BCUT2D eigenvalue weighted by atomic mass is 10.1. The molecule has 0 unspecified atom stereocenters. The maximum atomic E-state index is 9.16. The summed E-state index contributed by atoms with van der Waals surface area (Å²) in [6.07, 6.45) is 0. The van der Waals surface area contributed by atoms with Gasteiger partial charge in [0.25, 0.3) is 0 Å². The average molecular weight is 253 g/mol. The molecule has 0 aliphatic heterocycles. The van der Waals surface area contributed by atoms with E-state index in [1.807, 2.05) is 25.1 Å². The maximum absolute atomic E-state index is 9.16. The Morgan fingerprint density at radius 1 is 0.944 bits per heavy atom. The van der Waals surface area contributed by atoms with Gasteiger partial charge >= 0.3 is 0 Å². The van der Waals surface area contributed by atoms with Gasteiger partial charge in [-0.15, -0.1) is 0 Å². The Hall–Kier alpha value is -1.72. The molecule has 0 amide bonds. The number of benzene rings is 2. The van der Waals surface area contributed by atoms with Gasteiger partial charge in [0.1, 0.15) is 6.07 Å². The van der Waals surface area contributed by atoms with E-state index in [9.17, 15) is 0 Å². The molecule has 0 radical (unpaired) electrons. The van der Waals surface area contributed by atoms with Gasteiger partial charge < -0.3 is 0 Å². The quantitative estimate of drug-likeness (QED) is 0.778. The van der Waals surface area contributed by atoms with Crippen molar-refractivity contribution in [1.82, 2.24) is 0 Å². The minimum atomic E-state index is 0.748. The predicted molar refractivity (Wildman–Crippen MR) is 75.9 cm³/mol. The van der Waals surface area contributed by atoms with Crippen molar-refractivity contribution in [2.24, 2.45) is 0 Å². The minimum absolute atomic E-state index is 0.748. The van der Waals surface area contributed by atoms with Crippen LogP contribution in [0.5, 0.6) is 0 Å². The van der Waals surface area contributed by atoms with Crippen LogP contribution in [-0.2, 0) is 0 Å². The molecule has 2 heteroatoms. The number of nitrogens with zero attached hydrogens (tertiary/aromatic N) is 1. The van der Waals surface area contributed by atoms with E-state index >= 15 is 0 Å². The van der Waals surface area contributed by atoms with Gasteiger partial charge in [-0.25, -0.2) is 0 Å². The highest BCUT2D eigenvalue weighted by molar-refractivity contribution is 7.99. The van der Waals surface area contributed by atoms with Gasteiger partial charge in [-0.05, 0) is 61.7 Å². The molecule has 0 aromatic heterocycles. The second-order valence-electron chi connectivity index (χ2n) is 4.46. The van der Waals surface area contributed by atoms with E-state index in [2.05, 4.69) is 38.1 Å². The van der Waals surface area contributed by atoms with E-state index in [1.54, 1.807) is 11.8 Å². The number of aryl methyl sites for hydroxylation is 3. The first kappa shape index (κ1) is 12.7. The van der Waals surface area contributed by atoms with Gasteiger partial charge in [0.15, 0.2) is 0 Å². The van der Waals surface area contributed by atoms with Gasteiger partial charge in [-0.1, -0.05) is 23.9 Å². The summed E-state index contributed by atoms with van der Waals surface area (Å²) in [5.74, 6) is 0. The van der Waals surface area contributed by atoms with Crippen LogP contribution >= 0.6 is 11.8 Å². The Morgan fingerprint density at radius 3 is 2.39 bits per heavy atom. The molecule has 18 heavy (non-hydrogen) atoms. The second kappa shape index (κ2) is 5.29. The molecule has 0 spiro atoms. The lowest BCUT2D eigenvalue weighted by Gasteiger charge is -2.07. The van der Waals surface area contributed by atoms with Crippen molar-refractivity contribution >= 4 is 11.8 Å². The molecule has 0 saturated carbocycles. The van der Waals surface area contributed by atoms with Crippen molar-refractivity contribution in [2.45, 2.75) is 30.6 Å². The fraction of sp³-hybridized carbons (Fsp3) is 0.188. The SMILES string of the molecule is Cc1ccc(Sc2ccc(C)c(C)c2)c(C#N)c1. The average Bonchev–Trinajstić information content (AvgIpc) is 2.36. The molecule has 2 aromatic carbocycles. The van der Waals surface area contributed by atoms with Crippen LogP contribution in [0.3, 0.4) is 0 Å².